The van der Waals surface area contributed by atoms with E-state index >= 15 is 0 Å². The Morgan fingerprint density at radius 2 is 1.81 bits per heavy atom. The molecule has 0 unspecified atom stereocenters. The first-order valence-electron chi connectivity index (χ1n) is 11.2. The van der Waals surface area contributed by atoms with Gasteiger partial charge in [-0.1, -0.05) is 31.4 Å². The van der Waals surface area contributed by atoms with Gasteiger partial charge in [0.25, 0.3) is 0 Å². The number of aromatic nitrogens is 1. The summed E-state index contributed by atoms with van der Waals surface area (Å²) in [4.78, 5) is 3.76. The van der Waals surface area contributed by atoms with Crippen molar-refractivity contribution in [2.24, 2.45) is 0 Å². The van der Waals surface area contributed by atoms with E-state index in [1.54, 1.807) is 12.1 Å². The number of hydrogen-bond donors (Lipinski definition) is 0. The molecule has 31 heavy (non-hydrogen) atoms. The lowest BCUT2D eigenvalue weighted by Crippen LogP contribution is -2.46. The minimum Gasteiger partial charge on any atom is -0.375 e. The van der Waals surface area contributed by atoms with Crippen molar-refractivity contribution in [2.75, 3.05) is 6.61 Å². The summed E-state index contributed by atoms with van der Waals surface area (Å²) in [6.07, 6.45) is 7.27. The normalized spacial score (nSPS) is 23.4. The lowest BCUT2D eigenvalue weighted by molar-refractivity contribution is -0.137. The van der Waals surface area contributed by atoms with E-state index in [1.807, 2.05) is 6.07 Å². The summed E-state index contributed by atoms with van der Waals surface area (Å²) in [6.45, 7) is 0.675. The van der Waals surface area contributed by atoms with E-state index in [0.717, 1.165) is 56.7 Å². The van der Waals surface area contributed by atoms with Gasteiger partial charge < -0.3 is 4.74 Å². The van der Waals surface area contributed by atoms with Crippen molar-refractivity contribution in [3.63, 3.8) is 0 Å². The van der Waals surface area contributed by atoms with Crippen LogP contribution in [-0.2, 0) is 22.7 Å². The van der Waals surface area contributed by atoms with Gasteiger partial charge in [0, 0.05) is 24.4 Å². The van der Waals surface area contributed by atoms with Crippen LogP contribution >= 0.6 is 0 Å². The zero-order valence-corrected chi connectivity index (χ0v) is 17.7. The Balaban J connectivity index is 1.46. The molecule has 1 aromatic carbocycles. The Morgan fingerprint density at radius 3 is 2.55 bits per heavy atom. The van der Waals surface area contributed by atoms with Crippen molar-refractivity contribution in [3.8, 4) is 0 Å². The van der Waals surface area contributed by atoms with E-state index < -0.39 is 11.7 Å². The maximum absolute atomic E-state index is 14.1. The van der Waals surface area contributed by atoms with Crippen LogP contribution in [0.25, 0.3) is 0 Å². The van der Waals surface area contributed by atoms with Gasteiger partial charge in [0.15, 0.2) is 0 Å². The first-order valence-corrected chi connectivity index (χ1v) is 11.2. The smallest absolute Gasteiger partial charge is 0.375 e. The lowest BCUT2D eigenvalue weighted by Gasteiger charge is -2.47. The second-order valence-electron chi connectivity index (χ2n) is 9.24. The lowest BCUT2D eigenvalue weighted by atomic mass is 9.65. The molecule has 1 saturated heterocycles. The van der Waals surface area contributed by atoms with Crippen molar-refractivity contribution >= 4 is 0 Å². The molecule has 2 aliphatic rings. The summed E-state index contributed by atoms with van der Waals surface area (Å²) >= 11 is 0. The molecule has 1 spiro atoms. The van der Waals surface area contributed by atoms with Gasteiger partial charge in [-0.15, -0.1) is 0 Å². The van der Waals surface area contributed by atoms with Crippen molar-refractivity contribution in [1.29, 1.82) is 0 Å². The van der Waals surface area contributed by atoms with E-state index in [-0.39, 0.29) is 16.8 Å². The highest BCUT2D eigenvalue weighted by atomic mass is 19.4. The monoisotopic (exact) mass is 435 g/mol. The molecule has 4 rings (SSSR count). The van der Waals surface area contributed by atoms with E-state index in [0.29, 0.717) is 18.6 Å². The van der Waals surface area contributed by atoms with E-state index in [9.17, 15) is 17.6 Å². The predicted octanol–water partition coefficient (Wildman–Crippen LogP) is 7.01. The zero-order chi connectivity index (χ0) is 22.0. The minimum atomic E-state index is -4.37. The maximum Gasteiger partial charge on any atom is 0.417 e. The number of halogens is 4. The molecule has 0 radical (unpaired) electrons. The highest BCUT2D eigenvalue weighted by Gasteiger charge is 2.47. The SMILES string of the molecule is Fc1cccc([C@]2(CCCCc3cncc(C(F)(F)F)c3)CCOC3(CCCC3)C2)c1. The van der Waals surface area contributed by atoms with Crippen LogP contribution in [-0.4, -0.2) is 17.2 Å². The summed E-state index contributed by atoms with van der Waals surface area (Å²) in [5.41, 5.74) is 0.692. The number of aryl methyl sites for hydroxylation is 1. The minimum absolute atomic E-state index is 0.102. The second-order valence-corrected chi connectivity index (χ2v) is 9.24. The molecule has 2 aromatic rings. The summed E-state index contributed by atoms with van der Waals surface area (Å²) in [6, 6.07) is 8.12. The van der Waals surface area contributed by atoms with Gasteiger partial charge in [-0.25, -0.2) is 4.39 Å². The first kappa shape index (κ1) is 22.3. The van der Waals surface area contributed by atoms with Gasteiger partial charge in [0.2, 0.25) is 0 Å². The van der Waals surface area contributed by atoms with Crippen molar-refractivity contribution in [1.82, 2.24) is 4.98 Å². The van der Waals surface area contributed by atoms with E-state index in [1.165, 1.54) is 31.2 Å². The number of rotatable bonds is 6. The van der Waals surface area contributed by atoms with Crippen LogP contribution < -0.4 is 0 Å². The Morgan fingerprint density at radius 1 is 1.00 bits per heavy atom. The number of ether oxygens (including phenoxy) is 1. The van der Waals surface area contributed by atoms with Gasteiger partial charge in [-0.3, -0.25) is 4.98 Å². The number of unbranched alkanes of at least 4 members (excludes halogenated alkanes) is 1. The van der Waals surface area contributed by atoms with Gasteiger partial charge in [-0.2, -0.15) is 13.2 Å². The molecule has 1 aliphatic heterocycles. The molecule has 0 amide bonds. The third-order valence-corrected chi connectivity index (χ3v) is 7.09. The number of nitrogens with zero attached hydrogens (tertiary/aromatic N) is 1. The molecule has 2 fully saturated rings. The van der Waals surface area contributed by atoms with Crippen LogP contribution in [0.3, 0.4) is 0 Å². The third-order valence-electron chi connectivity index (χ3n) is 7.09. The average Bonchev–Trinajstić information content (AvgIpc) is 3.18. The molecule has 0 bridgehead atoms. The standard InChI is InChI=1S/C25H29F4NO/c26-22-8-5-7-20(15-22)23(12-13-31-24(18-23)10-3-4-11-24)9-2-1-6-19-14-21(17-30-16-19)25(27,28)29/h5,7-8,14-17H,1-4,6,9-13,18H2/t23-/m1/s1. The van der Waals surface area contributed by atoms with Crippen LogP contribution in [0.4, 0.5) is 17.6 Å². The molecule has 1 aliphatic carbocycles. The van der Waals surface area contributed by atoms with Gasteiger partial charge in [-0.05, 0) is 74.3 Å². The molecule has 6 heteroatoms. The highest BCUT2D eigenvalue weighted by Crippen LogP contribution is 2.50. The van der Waals surface area contributed by atoms with Gasteiger partial charge >= 0.3 is 6.18 Å². The quantitative estimate of drug-likeness (QED) is 0.360. The second kappa shape index (κ2) is 8.89. The van der Waals surface area contributed by atoms with Crippen LogP contribution in [0.5, 0.6) is 0 Å². The number of benzene rings is 1. The third kappa shape index (κ3) is 5.11. The number of hydrogen-bond acceptors (Lipinski definition) is 2. The van der Waals surface area contributed by atoms with E-state index in [4.69, 9.17) is 4.74 Å². The van der Waals surface area contributed by atoms with Crippen LogP contribution in [0.15, 0.2) is 42.7 Å². The number of alkyl halides is 3. The van der Waals surface area contributed by atoms with Crippen molar-refractivity contribution in [2.45, 2.75) is 81.4 Å². The fourth-order valence-electron chi connectivity index (χ4n) is 5.55. The summed E-state index contributed by atoms with van der Waals surface area (Å²) in [5.74, 6) is -0.223. The van der Waals surface area contributed by atoms with Crippen LogP contribution in [0.2, 0.25) is 0 Å². The molecule has 1 atom stereocenters. The predicted molar refractivity (Wildman–Crippen MR) is 111 cm³/mol. The Labute approximate surface area is 181 Å². The van der Waals surface area contributed by atoms with Gasteiger partial charge in [0.1, 0.15) is 5.82 Å². The number of pyridine rings is 1. The summed E-state index contributed by atoms with van der Waals surface area (Å²) < 4.78 is 59.1. The Hall–Kier alpha value is -1.95. The van der Waals surface area contributed by atoms with Crippen LogP contribution in [0, 0.1) is 5.82 Å². The summed E-state index contributed by atoms with van der Waals surface area (Å²) in [5, 5.41) is 0. The summed E-state index contributed by atoms with van der Waals surface area (Å²) in [7, 11) is 0. The largest absolute Gasteiger partial charge is 0.417 e. The first-order chi connectivity index (χ1) is 14.8. The molecule has 1 saturated carbocycles. The fourth-order valence-corrected chi connectivity index (χ4v) is 5.55. The fraction of sp³-hybridized carbons (Fsp3) is 0.560. The Bertz CT molecular complexity index is 891. The molecule has 2 nitrogen and oxygen atoms in total. The zero-order valence-electron chi connectivity index (χ0n) is 17.7. The van der Waals surface area contributed by atoms with Crippen LogP contribution in [0.1, 0.15) is 74.5 Å². The molecule has 1 aromatic heterocycles. The molecule has 0 N–H and O–H groups in total. The molecular weight excluding hydrogens is 406 g/mol. The molecule has 2 heterocycles. The van der Waals surface area contributed by atoms with Gasteiger partial charge in [0.05, 0.1) is 11.2 Å². The average molecular weight is 436 g/mol. The topological polar surface area (TPSA) is 22.1 Å². The van der Waals surface area contributed by atoms with E-state index in [2.05, 4.69) is 4.98 Å². The highest BCUT2D eigenvalue weighted by molar-refractivity contribution is 5.28. The molecule has 168 valence electrons. The Kier molecular flexibility index (Phi) is 6.38. The molecular formula is C25H29F4NO. The van der Waals surface area contributed by atoms with Crippen molar-refractivity contribution < 1.29 is 22.3 Å². The maximum atomic E-state index is 14.1. The van der Waals surface area contributed by atoms with Crippen molar-refractivity contribution in [3.05, 3.63) is 65.2 Å².